The Morgan fingerprint density at radius 3 is 2.88 bits per heavy atom. The molecule has 2 aromatic rings. The molecule has 2 N–H and O–H groups in total. The van der Waals surface area contributed by atoms with Gasteiger partial charge in [-0.2, -0.15) is 0 Å². The van der Waals surface area contributed by atoms with Gasteiger partial charge in [-0.1, -0.05) is 28.9 Å². The normalized spacial score (nSPS) is 11.6. The van der Waals surface area contributed by atoms with Crippen molar-refractivity contribution in [3.05, 3.63) is 46.2 Å². The molecule has 1 aromatic carbocycles. The third-order valence-electron chi connectivity index (χ3n) is 3.89. The van der Waals surface area contributed by atoms with Crippen LogP contribution in [0.4, 0.5) is 4.39 Å². The van der Waals surface area contributed by atoms with Gasteiger partial charge in [0.15, 0.2) is 5.96 Å². The van der Waals surface area contributed by atoms with Crippen LogP contribution in [0, 0.1) is 5.82 Å². The average molecular weight is 425 g/mol. The van der Waals surface area contributed by atoms with Crippen LogP contribution in [0.2, 0.25) is 0 Å². The van der Waals surface area contributed by atoms with E-state index >= 15 is 0 Å². The van der Waals surface area contributed by atoms with Crippen molar-refractivity contribution in [3.63, 3.8) is 0 Å². The van der Waals surface area contributed by atoms with Gasteiger partial charge in [-0.3, -0.25) is 4.99 Å². The summed E-state index contributed by atoms with van der Waals surface area (Å²) in [6.07, 6.45) is 4.07. The van der Waals surface area contributed by atoms with Crippen LogP contribution in [0.25, 0.3) is 0 Å². The molecule has 0 amide bonds. The number of aryl methyl sites for hydroxylation is 2. The quantitative estimate of drug-likeness (QED) is 0.368. The van der Waals surface area contributed by atoms with E-state index in [-0.39, 0.29) is 5.82 Å². The van der Waals surface area contributed by atoms with E-state index in [0.29, 0.717) is 13.0 Å². The molecule has 0 radical (unpaired) electrons. The molecule has 2 rings (SSSR count). The smallest absolute Gasteiger partial charge is 0.191 e. The van der Waals surface area contributed by atoms with Gasteiger partial charge in [0.05, 0.1) is 0 Å². The molecule has 0 fully saturated rings. The second kappa shape index (κ2) is 10.9. The van der Waals surface area contributed by atoms with E-state index in [1.165, 1.54) is 6.07 Å². The number of nitrogens with zero attached hydrogens (tertiary/aromatic N) is 4. The highest BCUT2D eigenvalue weighted by Gasteiger charge is 2.04. The van der Waals surface area contributed by atoms with E-state index in [0.717, 1.165) is 54.3 Å². The highest BCUT2D eigenvalue weighted by atomic mass is 79.9. The fraction of sp³-hybridized carbons (Fsp3) is 0.500. The molecule has 0 saturated heterocycles. The highest BCUT2D eigenvalue weighted by Crippen LogP contribution is 2.16. The first-order valence-corrected chi connectivity index (χ1v) is 9.76. The molecule has 0 atom stereocenters. The van der Waals surface area contributed by atoms with Crippen LogP contribution in [-0.2, 0) is 19.4 Å². The maximum atomic E-state index is 13.8. The van der Waals surface area contributed by atoms with E-state index in [1.807, 2.05) is 23.6 Å². The maximum Gasteiger partial charge on any atom is 0.191 e. The molecule has 0 spiro atoms. The third kappa shape index (κ3) is 6.40. The van der Waals surface area contributed by atoms with Crippen LogP contribution < -0.4 is 10.6 Å². The first kappa shape index (κ1) is 20.4. The molecule has 0 unspecified atom stereocenters. The van der Waals surface area contributed by atoms with Crippen molar-refractivity contribution in [2.75, 3.05) is 19.6 Å². The Hall–Kier alpha value is -1.96. The molecular formula is C18H26BrFN6. The molecule has 0 aliphatic carbocycles. The van der Waals surface area contributed by atoms with Crippen molar-refractivity contribution in [1.82, 2.24) is 25.4 Å². The van der Waals surface area contributed by atoms with E-state index in [1.54, 1.807) is 6.33 Å². The van der Waals surface area contributed by atoms with Crippen LogP contribution in [0.3, 0.4) is 0 Å². The second-order valence-corrected chi connectivity index (χ2v) is 6.74. The lowest BCUT2D eigenvalue weighted by atomic mass is 10.1. The number of nitrogens with one attached hydrogen (secondary N) is 2. The zero-order valence-corrected chi connectivity index (χ0v) is 16.9. The number of aliphatic imine (C=N–C) groups is 1. The van der Waals surface area contributed by atoms with E-state index in [4.69, 9.17) is 0 Å². The van der Waals surface area contributed by atoms with Crippen LogP contribution >= 0.6 is 15.9 Å². The molecule has 26 heavy (non-hydrogen) atoms. The Morgan fingerprint density at radius 1 is 1.31 bits per heavy atom. The van der Waals surface area contributed by atoms with Gasteiger partial charge in [0.25, 0.3) is 0 Å². The molecule has 142 valence electrons. The number of hydrogen-bond donors (Lipinski definition) is 2. The molecule has 0 saturated carbocycles. The maximum absolute atomic E-state index is 13.8. The zero-order valence-electron chi connectivity index (χ0n) is 15.3. The lowest BCUT2D eigenvalue weighted by Crippen LogP contribution is -2.39. The monoisotopic (exact) mass is 424 g/mol. The standard InChI is InChI=1S/C18H26BrFN6/c1-3-17-25-24-13-26(17)11-10-23-18(21-4-2)22-9-5-6-14-7-8-15(19)12-16(14)20/h7-8,12-13H,3-6,9-11H2,1-2H3,(H2,21,22,23). The van der Waals surface area contributed by atoms with Crippen molar-refractivity contribution >= 4 is 21.9 Å². The molecule has 0 aliphatic rings. The minimum atomic E-state index is -0.172. The Bertz CT molecular complexity index is 715. The predicted molar refractivity (Wildman–Crippen MR) is 106 cm³/mol. The number of hydrogen-bond acceptors (Lipinski definition) is 3. The van der Waals surface area contributed by atoms with Crippen LogP contribution in [0.1, 0.15) is 31.7 Å². The molecule has 6 nitrogen and oxygen atoms in total. The fourth-order valence-electron chi connectivity index (χ4n) is 2.56. The van der Waals surface area contributed by atoms with E-state index < -0.39 is 0 Å². The van der Waals surface area contributed by atoms with E-state index in [9.17, 15) is 4.39 Å². The number of halogens is 2. The van der Waals surface area contributed by atoms with Crippen LogP contribution in [-0.4, -0.2) is 40.4 Å². The number of aromatic nitrogens is 3. The van der Waals surface area contributed by atoms with Crippen LogP contribution in [0.5, 0.6) is 0 Å². The minimum absolute atomic E-state index is 0.172. The predicted octanol–water partition coefficient (Wildman–Crippen LogP) is 2.93. The largest absolute Gasteiger partial charge is 0.357 e. The van der Waals surface area contributed by atoms with Gasteiger partial charge in [0, 0.05) is 37.1 Å². The molecule has 0 aliphatic heterocycles. The van der Waals surface area contributed by atoms with Crippen molar-refractivity contribution in [2.24, 2.45) is 4.99 Å². The summed E-state index contributed by atoms with van der Waals surface area (Å²) in [5.74, 6) is 1.58. The van der Waals surface area contributed by atoms with Crippen molar-refractivity contribution in [1.29, 1.82) is 0 Å². The first-order chi connectivity index (χ1) is 12.6. The van der Waals surface area contributed by atoms with Crippen LogP contribution in [0.15, 0.2) is 34.0 Å². The molecular weight excluding hydrogens is 399 g/mol. The summed E-state index contributed by atoms with van der Waals surface area (Å²) >= 11 is 3.27. The third-order valence-corrected chi connectivity index (χ3v) is 4.38. The van der Waals surface area contributed by atoms with E-state index in [2.05, 4.69) is 48.7 Å². The summed E-state index contributed by atoms with van der Waals surface area (Å²) in [5, 5.41) is 14.5. The topological polar surface area (TPSA) is 67.1 Å². The Kier molecular flexibility index (Phi) is 8.53. The van der Waals surface area contributed by atoms with Gasteiger partial charge in [-0.15, -0.1) is 10.2 Å². The van der Waals surface area contributed by atoms with Gasteiger partial charge in [0.1, 0.15) is 18.0 Å². The highest BCUT2D eigenvalue weighted by molar-refractivity contribution is 9.10. The molecule has 0 bridgehead atoms. The molecule has 1 heterocycles. The van der Waals surface area contributed by atoms with Crippen molar-refractivity contribution in [3.8, 4) is 0 Å². The van der Waals surface area contributed by atoms with Gasteiger partial charge >= 0.3 is 0 Å². The lowest BCUT2D eigenvalue weighted by molar-refractivity contribution is 0.604. The second-order valence-electron chi connectivity index (χ2n) is 5.82. The van der Waals surface area contributed by atoms with Crippen molar-refractivity contribution < 1.29 is 4.39 Å². The summed E-state index contributed by atoms with van der Waals surface area (Å²) < 4.78 is 16.6. The Balaban J connectivity index is 1.78. The number of guanidine groups is 1. The molecule has 8 heteroatoms. The Morgan fingerprint density at radius 2 is 2.15 bits per heavy atom. The summed E-state index contributed by atoms with van der Waals surface area (Å²) in [6.45, 7) is 7.04. The minimum Gasteiger partial charge on any atom is -0.357 e. The summed E-state index contributed by atoms with van der Waals surface area (Å²) in [7, 11) is 0. The van der Waals surface area contributed by atoms with Gasteiger partial charge in [-0.25, -0.2) is 4.39 Å². The number of rotatable bonds is 9. The summed E-state index contributed by atoms with van der Waals surface area (Å²) in [6, 6.07) is 5.18. The zero-order chi connectivity index (χ0) is 18.8. The summed E-state index contributed by atoms with van der Waals surface area (Å²) in [4.78, 5) is 4.56. The van der Waals surface area contributed by atoms with Gasteiger partial charge < -0.3 is 15.2 Å². The SMILES string of the molecule is CCNC(=NCCCc1ccc(Br)cc1F)NCCn1cnnc1CC. The lowest BCUT2D eigenvalue weighted by Gasteiger charge is -2.12. The molecule has 1 aromatic heterocycles. The van der Waals surface area contributed by atoms with Gasteiger partial charge in [-0.05, 0) is 37.5 Å². The average Bonchev–Trinajstić information content (AvgIpc) is 3.07. The number of benzene rings is 1. The van der Waals surface area contributed by atoms with Crippen molar-refractivity contribution in [2.45, 2.75) is 39.7 Å². The Labute approximate surface area is 162 Å². The summed E-state index contributed by atoms with van der Waals surface area (Å²) in [5.41, 5.74) is 0.723. The fourth-order valence-corrected chi connectivity index (χ4v) is 2.89. The van der Waals surface area contributed by atoms with Gasteiger partial charge in [0.2, 0.25) is 0 Å². The first-order valence-electron chi connectivity index (χ1n) is 8.96.